The smallest absolute Gasteiger partial charge is 0.344 e. The van der Waals surface area contributed by atoms with Gasteiger partial charge in [-0.2, -0.15) is 0 Å². The predicted molar refractivity (Wildman–Crippen MR) is 121 cm³/mol. The molecule has 162 valence electrons. The first-order valence-corrected chi connectivity index (χ1v) is 10.3. The van der Waals surface area contributed by atoms with Crippen molar-refractivity contribution in [2.45, 2.75) is 6.92 Å². The Morgan fingerprint density at radius 1 is 1.03 bits per heavy atom. The predicted octanol–water partition coefficient (Wildman–Crippen LogP) is 4.91. The molecule has 1 aliphatic rings. The number of carbonyl (C=O) groups is 1. The number of rotatable bonds is 7. The molecular weight excluding hydrogens is 418 g/mol. The zero-order chi connectivity index (χ0) is 22.4. The topological polar surface area (TPSA) is 86.6 Å². The van der Waals surface area contributed by atoms with E-state index in [4.69, 9.17) is 18.9 Å². The number of esters is 1. The Bertz CT molecular complexity index is 1060. The molecule has 0 bridgehead atoms. The van der Waals surface area contributed by atoms with Crippen molar-refractivity contribution >= 4 is 34.5 Å². The molecule has 31 heavy (non-hydrogen) atoms. The lowest BCUT2D eigenvalue weighted by Gasteiger charge is -2.08. The van der Waals surface area contributed by atoms with Gasteiger partial charge in [0, 0.05) is 5.56 Å². The maximum atomic E-state index is 12.6. The Labute approximate surface area is 185 Å². The molecule has 0 saturated heterocycles. The van der Waals surface area contributed by atoms with Crippen molar-refractivity contribution in [1.29, 1.82) is 0 Å². The second kappa shape index (κ2) is 10.1. The molecule has 0 fully saturated rings. The third kappa shape index (κ3) is 5.03. The number of methoxy groups -OCH3 is 3. The minimum atomic E-state index is -0.638. The number of carbonyl (C=O) groups excluding carboxylic acids is 1. The first-order valence-electron chi connectivity index (χ1n) is 9.46. The van der Waals surface area contributed by atoms with Crippen LogP contribution in [0.15, 0.2) is 63.7 Å². The van der Waals surface area contributed by atoms with Crippen LogP contribution in [0.25, 0.3) is 6.08 Å². The molecule has 2 aromatic carbocycles. The third-order valence-electron chi connectivity index (χ3n) is 4.40. The average Bonchev–Trinajstić information content (AvgIpc) is 3.08. The fourth-order valence-electron chi connectivity index (χ4n) is 2.86. The molecule has 0 atom stereocenters. The Kier molecular flexibility index (Phi) is 7.25. The molecule has 2 aromatic rings. The Hall–Kier alpha value is -3.39. The summed E-state index contributed by atoms with van der Waals surface area (Å²) >= 11 is 1.17. The SMILES string of the molecule is CCOC(=O)C1=C(O)C(=Cc2cc(OC)ccc2OC)SC1=Nc1ccc(OC)cc1. The zero-order valence-corrected chi connectivity index (χ0v) is 18.5. The number of aliphatic hydroxyl groups is 1. The molecule has 0 unspecified atom stereocenters. The van der Waals surface area contributed by atoms with E-state index < -0.39 is 5.97 Å². The number of aliphatic imine (C=N–C) groups is 1. The summed E-state index contributed by atoms with van der Waals surface area (Å²) in [6.07, 6.45) is 1.72. The van der Waals surface area contributed by atoms with Gasteiger partial charge in [0.2, 0.25) is 0 Å². The van der Waals surface area contributed by atoms with E-state index in [0.717, 1.165) is 0 Å². The maximum absolute atomic E-state index is 12.6. The molecule has 1 aliphatic heterocycles. The number of hydrogen-bond acceptors (Lipinski definition) is 8. The van der Waals surface area contributed by atoms with Gasteiger partial charge in [-0.3, -0.25) is 0 Å². The second-order valence-corrected chi connectivity index (χ2v) is 7.31. The molecule has 8 heteroatoms. The van der Waals surface area contributed by atoms with Gasteiger partial charge in [-0.05, 0) is 55.5 Å². The van der Waals surface area contributed by atoms with Crippen LogP contribution in [0.1, 0.15) is 12.5 Å². The van der Waals surface area contributed by atoms with E-state index in [9.17, 15) is 9.90 Å². The number of benzene rings is 2. The van der Waals surface area contributed by atoms with E-state index in [1.165, 1.54) is 11.8 Å². The monoisotopic (exact) mass is 441 g/mol. The molecule has 1 N–H and O–H groups in total. The maximum Gasteiger partial charge on any atom is 0.344 e. The average molecular weight is 442 g/mol. The van der Waals surface area contributed by atoms with Crippen LogP contribution in [-0.4, -0.2) is 44.1 Å². The first kappa shape index (κ1) is 22.3. The van der Waals surface area contributed by atoms with E-state index >= 15 is 0 Å². The molecule has 1 heterocycles. The lowest BCUT2D eigenvalue weighted by molar-refractivity contribution is -0.138. The highest BCUT2D eigenvalue weighted by molar-refractivity contribution is 8.18. The molecule has 0 saturated carbocycles. The van der Waals surface area contributed by atoms with Gasteiger partial charge in [-0.1, -0.05) is 11.8 Å². The highest BCUT2D eigenvalue weighted by Crippen LogP contribution is 2.41. The summed E-state index contributed by atoms with van der Waals surface area (Å²) in [5.74, 6) is 1.09. The number of ether oxygens (including phenoxy) is 4. The van der Waals surface area contributed by atoms with Crippen LogP contribution in [-0.2, 0) is 9.53 Å². The van der Waals surface area contributed by atoms with Crippen molar-refractivity contribution < 1.29 is 28.8 Å². The highest BCUT2D eigenvalue weighted by Gasteiger charge is 2.33. The third-order valence-corrected chi connectivity index (χ3v) is 5.42. The van der Waals surface area contributed by atoms with Gasteiger partial charge in [-0.25, -0.2) is 9.79 Å². The van der Waals surface area contributed by atoms with Gasteiger partial charge in [0.1, 0.15) is 33.6 Å². The van der Waals surface area contributed by atoms with Crippen molar-refractivity contribution in [3.05, 3.63) is 64.3 Å². The minimum Gasteiger partial charge on any atom is -0.506 e. The minimum absolute atomic E-state index is 0.0239. The molecule has 0 aromatic heterocycles. The molecule has 0 amide bonds. The van der Waals surface area contributed by atoms with Crippen molar-refractivity contribution in [3.63, 3.8) is 0 Å². The van der Waals surface area contributed by atoms with E-state index in [2.05, 4.69) is 4.99 Å². The van der Waals surface area contributed by atoms with Crippen LogP contribution in [0, 0.1) is 0 Å². The lowest BCUT2D eigenvalue weighted by Crippen LogP contribution is -2.12. The summed E-state index contributed by atoms with van der Waals surface area (Å²) in [5.41, 5.74) is 1.32. The van der Waals surface area contributed by atoms with Crippen molar-refractivity contribution in [2.75, 3.05) is 27.9 Å². The second-order valence-electron chi connectivity index (χ2n) is 6.28. The summed E-state index contributed by atoms with van der Waals surface area (Å²) in [5, 5.41) is 11.2. The largest absolute Gasteiger partial charge is 0.506 e. The Morgan fingerprint density at radius 2 is 1.71 bits per heavy atom. The van der Waals surface area contributed by atoms with Crippen LogP contribution >= 0.6 is 11.8 Å². The standard InChI is InChI=1S/C23H23NO6S/c1-5-30-23(26)20-21(25)19(13-14-12-17(28-3)10-11-18(14)29-4)31-22(20)24-15-6-8-16(27-2)9-7-15/h6-13,25H,5H2,1-4H3. The normalized spacial score (nSPS) is 16.0. The molecule has 3 rings (SSSR count). The van der Waals surface area contributed by atoms with Crippen LogP contribution < -0.4 is 14.2 Å². The first-order chi connectivity index (χ1) is 15.0. The van der Waals surface area contributed by atoms with Gasteiger partial charge in [0.05, 0.1) is 38.5 Å². The van der Waals surface area contributed by atoms with E-state index in [0.29, 0.717) is 38.4 Å². The van der Waals surface area contributed by atoms with Gasteiger partial charge >= 0.3 is 5.97 Å². The fraction of sp³-hybridized carbons (Fsp3) is 0.217. The van der Waals surface area contributed by atoms with E-state index in [1.54, 1.807) is 76.8 Å². The quantitative estimate of drug-likeness (QED) is 0.611. The Balaban J connectivity index is 2.06. The van der Waals surface area contributed by atoms with Crippen molar-refractivity contribution in [3.8, 4) is 17.2 Å². The summed E-state index contributed by atoms with van der Waals surface area (Å²) in [6, 6.07) is 12.4. The number of aliphatic hydroxyl groups excluding tert-OH is 1. The molecule has 0 aliphatic carbocycles. The summed E-state index contributed by atoms with van der Waals surface area (Å²) in [7, 11) is 4.71. The van der Waals surface area contributed by atoms with Crippen molar-refractivity contribution in [1.82, 2.24) is 0 Å². The molecule has 7 nitrogen and oxygen atoms in total. The van der Waals surface area contributed by atoms with Crippen LogP contribution in [0.2, 0.25) is 0 Å². The fourth-order valence-corrected chi connectivity index (χ4v) is 3.89. The van der Waals surface area contributed by atoms with Crippen LogP contribution in [0.5, 0.6) is 17.2 Å². The summed E-state index contributed by atoms with van der Waals surface area (Å²) in [6.45, 7) is 1.88. The van der Waals surface area contributed by atoms with E-state index in [1.807, 2.05) is 0 Å². The van der Waals surface area contributed by atoms with Crippen LogP contribution in [0.3, 0.4) is 0 Å². The van der Waals surface area contributed by atoms with Gasteiger partial charge in [0.25, 0.3) is 0 Å². The summed E-state index contributed by atoms with van der Waals surface area (Å²) in [4.78, 5) is 17.5. The van der Waals surface area contributed by atoms with Gasteiger partial charge < -0.3 is 24.1 Å². The number of thioether (sulfide) groups is 1. The van der Waals surface area contributed by atoms with Crippen LogP contribution in [0.4, 0.5) is 5.69 Å². The molecule has 0 radical (unpaired) electrons. The Morgan fingerprint density at radius 3 is 2.32 bits per heavy atom. The number of nitrogens with zero attached hydrogens (tertiary/aromatic N) is 1. The zero-order valence-electron chi connectivity index (χ0n) is 17.7. The molecular formula is C23H23NO6S. The molecule has 0 spiro atoms. The summed E-state index contributed by atoms with van der Waals surface area (Å²) < 4.78 is 21.0. The highest BCUT2D eigenvalue weighted by atomic mass is 32.2. The van der Waals surface area contributed by atoms with Gasteiger partial charge in [-0.15, -0.1) is 0 Å². The van der Waals surface area contributed by atoms with Gasteiger partial charge in [0.15, 0.2) is 0 Å². The lowest BCUT2D eigenvalue weighted by atomic mass is 10.1. The number of hydrogen-bond donors (Lipinski definition) is 1. The van der Waals surface area contributed by atoms with Crippen molar-refractivity contribution in [2.24, 2.45) is 4.99 Å². The van der Waals surface area contributed by atoms with E-state index in [-0.39, 0.29) is 17.9 Å².